The van der Waals surface area contributed by atoms with Gasteiger partial charge in [-0.1, -0.05) is 49.3 Å². The Kier molecular flexibility index (Phi) is 4.88. The second-order valence-electron chi connectivity index (χ2n) is 4.73. The number of benzene rings is 1. The number of rotatable bonds is 1. The summed E-state index contributed by atoms with van der Waals surface area (Å²) >= 11 is 0. The van der Waals surface area contributed by atoms with Gasteiger partial charge in [0.1, 0.15) is 6.10 Å². The number of hydrogen-bond donors (Lipinski definition) is 1. The zero-order valence-corrected chi connectivity index (χ0v) is 10.5. The van der Waals surface area contributed by atoms with Crippen LogP contribution in [-0.2, 0) is 0 Å². The van der Waals surface area contributed by atoms with Crippen molar-refractivity contribution in [1.82, 2.24) is 0 Å². The van der Waals surface area contributed by atoms with E-state index in [9.17, 15) is 5.11 Å². The third-order valence-corrected chi connectivity index (χ3v) is 3.36. The molecule has 1 N–H and O–H groups in total. The van der Waals surface area contributed by atoms with Crippen LogP contribution in [0.5, 0.6) is 0 Å². The fourth-order valence-electron chi connectivity index (χ4n) is 2.30. The SMILES string of the molecule is O[C@@H](C#CC#Cc1ccccc1)C1CCCCC1. The van der Waals surface area contributed by atoms with Crippen LogP contribution in [0.4, 0.5) is 0 Å². The van der Waals surface area contributed by atoms with E-state index in [1.165, 1.54) is 19.3 Å². The molecule has 1 atom stereocenters. The molecule has 0 aromatic heterocycles. The van der Waals surface area contributed by atoms with E-state index in [2.05, 4.69) is 23.7 Å². The highest BCUT2D eigenvalue weighted by molar-refractivity contribution is 5.39. The van der Waals surface area contributed by atoms with Crippen molar-refractivity contribution in [2.45, 2.75) is 38.2 Å². The second kappa shape index (κ2) is 6.90. The third kappa shape index (κ3) is 3.95. The molecule has 1 aromatic carbocycles. The minimum Gasteiger partial charge on any atom is -0.380 e. The Morgan fingerprint density at radius 3 is 2.44 bits per heavy atom. The van der Waals surface area contributed by atoms with Crippen molar-refractivity contribution in [3.05, 3.63) is 35.9 Å². The monoisotopic (exact) mass is 238 g/mol. The van der Waals surface area contributed by atoms with Gasteiger partial charge in [0, 0.05) is 5.56 Å². The summed E-state index contributed by atoms with van der Waals surface area (Å²) in [6, 6.07) is 9.77. The van der Waals surface area contributed by atoms with Crippen molar-refractivity contribution < 1.29 is 5.11 Å². The molecule has 1 nitrogen and oxygen atoms in total. The first-order chi connectivity index (χ1) is 8.86. The summed E-state index contributed by atoms with van der Waals surface area (Å²) in [6.45, 7) is 0. The van der Waals surface area contributed by atoms with E-state index in [1.807, 2.05) is 30.3 Å². The Morgan fingerprint density at radius 2 is 1.72 bits per heavy atom. The van der Waals surface area contributed by atoms with Gasteiger partial charge in [0.25, 0.3) is 0 Å². The van der Waals surface area contributed by atoms with Crippen LogP contribution in [0.3, 0.4) is 0 Å². The van der Waals surface area contributed by atoms with E-state index < -0.39 is 6.10 Å². The van der Waals surface area contributed by atoms with Crippen LogP contribution in [-0.4, -0.2) is 11.2 Å². The lowest BCUT2D eigenvalue weighted by molar-refractivity contribution is 0.133. The molecule has 92 valence electrons. The maximum Gasteiger partial charge on any atom is 0.118 e. The van der Waals surface area contributed by atoms with Gasteiger partial charge in [0.05, 0.1) is 0 Å². The van der Waals surface area contributed by atoms with E-state index in [0.29, 0.717) is 5.92 Å². The molecular formula is C17H18O. The third-order valence-electron chi connectivity index (χ3n) is 3.36. The number of aliphatic hydroxyl groups excluding tert-OH is 1. The first-order valence-corrected chi connectivity index (χ1v) is 6.61. The van der Waals surface area contributed by atoms with Gasteiger partial charge in [-0.3, -0.25) is 0 Å². The van der Waals surface area contributed by atoms with Gasteiger partial charge in [0.2, 0.25) is 0 Å². The maximum absolute atomic E-state index is 9.93. The normalized spacial score (nSPS) is 16.9. The molecule has 1 fully saturated rings. The molecule has 2 rings (SSSR count). The van der Waals surface area contributed by atoms with Crippen LogP contribution in [0, 0.1) is 29.6 Å². The Balaban J connectivity index is 1.90. The van der Waals surface area contributed by atoms with Crippen LogP contribution in [0.15, 0.2) is 30.3 Å². The highest BCUT2D eigenvalue weighted by Crippen LogP contribution is 2.25. The Labute approximate surface area is 109 Å². The molecule has 0 saturated heterocycles. The van der Waals surface area contributed by atoms with E-state index in [4.69, 9.17) is 0 Å². The molecule has 0 heterocycles. The molecule has 1 aromatic rings. The molecule has 0 aliphatic heterocycles. The summed E-state index contributed by atoms with van der Waals surface area (Å²) in [5.41, 5.74) is 0.957. The first kappa shape index (κ1) is 12.7. The smallest absolute Gasteiger partial charge is 0.118 e. The second-order valence-corrected chi connectivity index (χ2v) is 4.73. The van der Waals surface area contributed by atoms with E-state index >= 15 is 0 Å². The topological polar surface area (TPSA) is 20.2 Å². The van der Waals surface area contributed by atoms with Crippen molar-refractivity contribution >= 4 is 0 Å². The average molecular weight is 238 g/mol. The van der Waals surface area contributed by atoms with Crippen molar-refractivity contribution in [2.24, 2.45) is 5.92 Å². The fraction of sp³-hybridized carbons (Fsp3) is 0.412. The standard InChI is InChI=1S/C17H18O/c18-17(16-12-5-2-6-13-16)14-8-7-11-15-9-3-1-4-10-15/h1,3-4,9-10,16-18H,2,5-6,12-13H2/t17-/m0/s1. The van der Waals surface area contributed by atoms with Crippen molar-refractivity contribution in [1.29, 1.82) is 0 Å². The lowest BCUT2D eigenvalue weighted by Gasteiger charge is -2.22. The Morgan fingerprint density at radius 1 is 1.00 bits per heavy atom. The van der Waals surface area contributed by atoms with Gasteiger partial charge in [0.15, 0.2) is 0 Å². The molecule has 1 aliphatic carbocycles. The van der Waals surface area contributed by atoms with Gasteiger partial charge in [-0.25, -0.2) is 0 Å². The zero-order chi connectivity index (χ0) is 12.6. The lowest BCUT2D eigenvalue weighted by Crippen LogP contribution is -2.20. The molecule has 0 spiro atoms. The summed E-state index contributed by atoms with van der Waals surface area (Å²) in [4.78, 5) is 0. The Bertz CT molecular complexity index is 475. The quantitative estimate of drug-likeness (QED) is 0.746. The molecule has 0 bridgehead atoms. The number of hydrogen-bond acceptors (Lipinski definition) is 1. The summed E-state index contributed by atoms with van der Waals surface area (Å²) in [5.74, 6) is 11.7. The minimum atomic E-state index is -0.504. The summed E-state index contributed by atoms with van der Waals surface area (Å²) in [7, 11) is 0. The van der Waals surface area contributed by atoms with Crippen LogP contribution in [0.1, 0.15) is 37.7 Å². The summed E-state index contributed by atoms with van der Waals surface area (Å²) in [5, 5.41) is 9.93. The Hall–Kier alpha value is -1.70. The van der Waals surface area contributed by atoms with Gasteiger partial charge in [-0.15, -0.1) is 0 Å². The van der Waals surface area contributed by atoms with Gasteiger partial charge < -0.3 is 5.11 Å². The van der Waals surface area contributed by atoms with Gasteiger partial charge >= 0.3 is 0 Å². The molecule has 1 saturated carbocycles. The van der Waals surface area contributed by atoms with Crippen molar-refractivity contribution in [3.8, 4) is 23.7 Å². The van der Waals surface area contributed by atoms with Gasteiger partial charge in [-0.05, 0) is 42.7 Å². The highest BCUT2D eigenvalue weighted by Gasteiger charge is 2.19. The molecule has 18 heavy (non-hydrogen) atoms. The molecular weight excluding hydrogens is 220 g/mol. The highest BCUT2D eigenvalue weighted by atomic mass is 16.3. The summed E-state index contributed by atoms with van der Waals surface area (Å²) in [6.07, 6.45) is 5.43. The molecule has 0 amide bonds. The van der Waals surface area contributed by atoms with Gasteiger partial charge in [-0.2, -0.15) is 0 Å². The lowest BCUT2D eigenvalue weighted by atomic mass is 9.85. The van der Waals surface area contributed by atoms with Crippen LogP contribution < -0.4 is 0 Å². The molecule has 0 radical (unpaired) electrons. The molecule has 1 aliphatic rings. The van der Waals surface area contributed by atoms with E-state index in [0.717, 1.165) is 18.4 Å². The average Bonchev–Trinajstić information content (AvgIpc) is 2.45. The van der Waals surface area contributed by atoms with Crippen LogP contribution >= 0.6 is 0 Å². The fourth-order valence-corrected chi connectivity index (χ4v) is 2.30. The minimum absolute atomic E-state index is 0.352. The number of aliphatic hydroxyl groups is 1. The zero-order valence-electron chi connectivity index (χ0n) is 10.5. The first-order valence-electron chi connectivity index (χ1n) is 6.61. The predicted molar refractivity (Wildman–Crippen MR) is 73.7 cm³/mol. The van der Waals surface area contributed by atoms with Crippen molar-refractivity contribution in [3.63, 3.8) is 0 Å². The van der Waals surface area contributed by atoms with Crippen molar-refractivity contribution in [2.75, 3.05) is 0 Å². The summed E-state index contributed by atoms with van der Waals surface area (Å²) < 4.78 is 0. The predicted octanol–water partition coefficient (Wildman–Crippen LogP) is 2.98. The molecule has 0 unspecified atom stereocenters. The molecule has 1 heteroatoms. The van der Waals surface area contributed by atoms with Crippen LogP contribution in [0.2, 0.25) is 0 Å². The van der Waals surface area contributed by atoms with E-state index in [1.54, 1.807) is 0 Å². The van der Waals surface area contributed by atoms with E-state index in [-0.39, 0.29) is 0 Å². The maximum atomic E-state index is 9.93. The van der Waals surface area contributed by atoms with Crippen LogP contribution in [0.25, 0.3) is 0 Å². The largest absolute Gasteiger partial charge is 0.380 e.